The fourth-order valence-corrected chi connectivity index (χ4v) is 25.1. The van der Waals surface area contributed by atoms with Crippen molar-refractivity contribution in [3.8, 4) is 0 Å². The number of nitrogens with two attached hydrogens (primary N) is 1. The largest absolute Gasteiger partial charge is 0.385 e. The Kier molecular flexibility index (Phi) is 53.2. The summed E-state index contributed by atoms with van der Waals surface area (Å²) in [5.74, 6) is -0.598. The van der Waals surface area contributed by atoms with Crippen LogP contribution in [0.15, 0.2) is 78.9 Å². The standard InChI is InChI=1S/3C28H44ClFN4O3.C28H46ClN3O3/c1-20(35)32-15-8-14-28(37,24-12-6-13-25(30)26(24)29)22-11-7-16-34(19-22)27(36)33-23(18-31-2)17-21-9-4-3-5-10-21;1-20(35)32-15-8-14-28(37,24-12-6-13-25(29)26(24)30)22-11-7-16-34(19-22)27(36)33-23(18-31-2)17-21-9-4-3-5-10-21;1-20(35)32-12-7-11-28(37,23-15-24(29)17-25(30)16-23)22-10-6-13-34(19-22)27(36)33-26(18-31-2)14-21-8-4-3-5-9-21;1-21(30)26(18-22-10-4-3-5-11-22)31-27(33)32-16-9-13-24(20-32)28(34,15-6-7-17-35-2)23-12-8-14-25(29)19-23/h2*6,12-13,21-23,31,37H,3-5,7-11,14-19H2,1-2H3,(H,32,35)(H,33,36);15-17,21-22,26,31,37H,3-14,18-19H2,1-2H3,(H,32,35)(H,33,36);8,12,14,19,21-22,24,26,34H,3-7,9-11,13,15-18,20,30H2,1-2H3,(H,31,33)/t2*22-,23+,28+;22-,26+,28+;21-,24+,26-,28+/m1110/s1. The number of nitrogens with one attached hydrogen (secondary N) is 10. The summed E-state index contributed by atoms with van der Waals surface area (Å²) in [4.78, 5) is 94.6. The summed E-state index contributed by atoms with van der Waals surface area (Å²) in [5.41, 5.74) is 2.68. The van der Waals surface area contributed by atoms with E-state index in [4.69, 9.17) is 56.9 Å². The van der Waals surface area contributed by atoms with Crippen molar-refractivity contribution >= 4 is 88.2 Å². The minimum atomic E-state index is -1.52. The summed E-state index contributed by atoms with van der Waals surface area (Å²) in [6.45, 7) is 14.4. The number of benzene rings is 4. The minimum Gasteiger partial charge on any atom is -0.385 e. The number of methoxy groups -OCH3 is 1. The molecule has 8 fully saturated rings. The number of likely N-dealkylation sites (N-methyl/N-ethyl adjacent to an activating group) is 3. The Hall–Kier alpha value is -7.04. The van der Waals surface area contributed by atoms with E-state index in [1.807, 2.05) is 57.2 Å². The number of piperidine rings is 4. The average Bonchev–Trinajstić information content (AvgIpc) is 1.68. The van der Waals surface area contributed by atoms with Crippen molar-refractivity contribution in [2.45, 2.75) is 344 Å². The monoisotopic (exact) mass is 2120 g/mol. The second-order valence-corrected chi connectivity index (χ2v) is 45.1. The molecule has 0 aromatic heterocycles. The van der Waals surface area contributed by atoms with Gasteiger partial charge in [0.2, 0.25) is 17.7 Å². The molecule has 0 radical (unpaired) electrons. The highest BCUT2D eigenvalue weighted by Crippen LogP contribution is 2.48. The number of carbonyl (C=O) groups excluding carboxylic acids is 7. The van der Waals surface area contributed by atoms with Gasteiger partial charge in [0, 0.05) is 201 Å². The molecule has 34 heteroatoms. The molecule has 4 aliphatic carbocycles. The number of ether oxygens (including phenoxy) is 1. The lowest BCUT2D eigenvalue weighted by molar-refractivity contribution is -0.119. The molecule has 12 rings (SSSR count). The van der Waals surface area contributed by atoms with Crippen LogP contribution in [-0.4, -0.2) is 239 Å². The maximum Gasteiger partial charge on any atom is 0.317 e. The Bertz CT molecular complexity index is 4440. The number of hydrogen-bond donors (Lipinski definition) is 15. The van der Waals surface area contributed by atoms with E-state index in [2.05, 4.69) is 53.2 Å². The molecule has 16 N–H and O–H groups in total. The quantitative estimate of drug-likeness (QED) is 0.0183. The number of unbranched alkanes of at least 4 members (excludes halogenated alkanes) is 1. The first-order valence-corrected chi connectivity index (χ1v) is 56.7. The molecule has 11 amide bonds. The average molecular weight is 2130 g/mol. The van der Waals surface area contributed by atoms with Crippen molar-refractivity contribution in [1.29, 1.82) is 0 Å². The molecule has 27 nitrogen and oxygen atoms in total. The Labute approximate surface area is 889 Å². The number of nitrogens with zero attached hydrogens (tertiary/aromatic N) is 4. The van der Waals surface area contributed by atoms with Crippen LogP contribution in [0, 0.1) is 64.8 Å². The predicted molar refractivity (Wildman–Crippen MR) is 577 cm³/mol. The summed E-state index contributed by atoms with van der Waals surface area (Å²) in [5, 5.41) is 79.6. The van der Waals surface area contributed by atoms with Crippen LogP contribution in [0.3, 0.4) is 0 Å². The van der Waals surface area contributed by atoms with Gasteiger partial charge in [-0.2, -0.15) is 0 Å². The number of carbonyl (C=O) groups is 7. The number of halogens is 7. The topological polar surface area (TPSA) is 369 Å². The molecule has 13 atom stereocenters. The van der Waals surface area contributed by atoms with Gasteiger partial charge in [0.1, 0.15) is 17.5 Å². The number of aliphatic hydroxyl groups is 4. The normalized spacial score (nSPS) is 21.6. The van der Waals surface area contributed by atoms with E-state index in [-0.39, 0.29) is 123 Å². The van der Waals surface area contributed by atoms with Crippen LogP contribution in [-0.2, 0) is 41.5 Å². The molecular weight excluding hydrogens is 1950 g/mol. The van der Waals surface area contributed by atoms with Crippen LogP contribution >= 0.6 is 46.4 Å². The van der Waals surface area contributed by atoms with Crippen molar-refractivity contribution in [2.24, 2.45) is 53.1 Å². The van der Waals surface area contributed by atoms with Crippen LogP contribution in [0.4, 0.5) is 32.3 Å². The molecule has 4 saturated carbocycles. The van der Waals surface area contributed by atoms with Gasteiger partial charge in [-0.1, -0.05) is 211 Å². The Morgan fingerprint density at radius 1 is 0.411 bits per heavy atom. The summed E-state index contributed by atoms with van der Waals surface area (Å²) in [6.07, 6.45) is 39.7. The number of urea groups is 4. The van der Waals surface area contributed by atoms with E-state index in [0.29, 0.717) is 202 Å². The maximum absolute atomic E-state index is 15.2. The van der Waals surface area contributed by atoms with Gasteiger partial charge < -0.3 is 104 Å². The van der Waals surface area contributed by atoms with E-state index in [1.165, 1.54) is 173 Å². The van der Waals surface area contributed by atoms with Gasteiger partial charge in [0.25, 0.3) is 0 Å². The highest BCUT2D eigenvalue weighted by molar-refractivity contribution is 6.32. The summed E-state index contributed by atoms with van der Waals surface area (Å²) < 4.78 is 49.1. The van der Waals surface area contributed by atoms with Crippen molar-refractivity contribution in [2.75, 3.05) is 126 Å². The molecule has 4 aromatic carbocycles. The Balaban J connectivity index is 0.000000217. The smallest absolute Gasteiger partial charge is 0.317 e. The first-order chi connectivity index (χ1) is 70.0. The lowest BCUT2D eigenvalue weighted by Gasteiger charge is -2.43. The van der Waals surface area contributed by atoms with Crippen molar-refractivity contribution in [3.63, 3.8) is 0 Å². The summed E-state index contributed by atoms with van der Waals surface area (Å²) in [6, 6.07) is 20.5. The number of amides is 11. The minimum absolute atomic E-state index is 0.0214. The van der Waals surface area contributed by atoms with E-state index < -0.39 is 39.9 Å². The van der Waals surface area contributed by atoms with Crippen molar-refractivity contribution in [3.05, 3.63) is 139 Å². The van der Waals surface area contributed by atoms with Gasteiger partial charge in [0.15, 0.2) is 0 Å². The van der Waals surface area contributed by atoms with Crippen molar-refractivity contribution < 1.29 is 71.9 Å². The van der Waals surface area contributed by atoms with E-state index >= 15 is 4.39 Å². The molecule has 4 saturated heterocycles. The maximum atomic E-state index is 15.2. The van der Waals surface area contributed by atoms with Gasteiger partial charge in [-0.05, 0) is 240 Å². The highest BCUT2D eigenvalue weighted by atomic mass is 35.5. The molecule has 8 aliphatic rings. The zero-order chi connectivity index (χ0) is 106. The van der Waals surface area contributed by atoms with Crippen LogP contribution in [0.5, 0.6) is 0 Å². The molecule has 0 spiro atoms. The molecule has 4 aliphatic heterocycles. The Morgan fingerprint density at radius 3 is 1.14 bits per heavy atom. The highest BCUT2D eigenvalue weighted by Gasteiger charge is 2.48. The third kappa shape index (κ3) is 38.9. The van der Waals surface area contributed by atoms with Crippen LogP contribution in [0.25, 0.3) is 0 Å². The van der Waals surface area contributed by atoms with Crippen molar-refractivity contribution in [1.82, 2.24) is 72.8 Å². The van der Waals surface area contributed by atoms with Gasteiger partial charge >= 0.3 is 24.1 Å². The molecule has 822 valence electrons. The third-order valence-electron chi connectivity index (χ3n) is 32.2. The predicted octanol–water partition coefficient (Wildman–Crippen LogP) is 19.1. The zero-order valence-electron chi connectivity index (χ0n) is 88.7. The zero-order valence-corrected chi connectivity index (χ0v) is 91.7. The lowest BCUT2D eigenvalue weighted by Crippen LogP contribution is -2.55. The van der Waals surface area contributed by atoms with Crippen LogP contribution < -0.4 is 58.9 Å². The third-order valence-corrected chi connectivity index (χ3v) is 33.3. The second kappa shape index (κ2) is 63.4. The first-order valence-electron chi connectivity index (χ1n) is 55.2. The van der Waals surface area contributed by atoms with E-state index in [9.17, 15) is 62.8 Å². The first kappa shape index (κ1) is 122. The van der Waals surface area contributed by atoms with E-state index in [0.717, 1.165) is 69.8 Å². The summed E-state index contributed by atoms with van der Waals surface area (Å²) >= 11 is 24.9. The van der Waals surface area contributed by atoms with Gasteiger partial charge in [-0.3, -0.25) is 14.4 Å². The van der Waals surface area contributed by atoms with Crippen LogP contribution in [0.1, 0.15) is 313 Å². The number of hydrogen-bond acceptors (Lipinski definition) is 16. The van der Waals surface area contributed by atoms with Gasteiger partial charge in [-0.15, -0.1) is 0 Å². The van der Waals surface area contributed by atoms with Gasteiger partial charge in [-0.25, -0.2) is 32.3 Å². The molecule has 146 heavy (non-hydrogen) atoms. The number of likely N-dealkylation sites (tertiary alicyclic amines) is 4. The van der Waals surface area contributed by atoms with Gasteiger partial charge in [0.05, 0.1) is 32.4 Å². The molecular formula is C112H178Cl4F3N15O12. The fourth-order valence-electron chi connectivity index (χ4n) is 24.3. The SMILES string of the molecule is CNC[C@H](CC1CCCCC1)NC(=O)N1CCC[C@@H]([C@@](O)(CCCNC(C)=O)c2cc(F)cc(Cl)c2)C1.CNC[C@H](CC1CCCCC1)NC(=O)N1CCC[C@@H]([C@@](O)(CCCNC(C)=O)c2cccc(Cl)c2F)C1.CNC[C@H](CC1CCCCC1)NC(=O)N1CCC[C@@H]([C@@](O)(CCCNC(C)=O)c2cccc(F)c2Cl)C1.COCCCC[C@@](O)(c1cccc(Cl)c1)[C@@H]1CCCN(C(=O)N[C@@H](CC2CCCCC2)[C@H](C)N)C1. The molecule has 0 unspecified atom stereocenters. The Morgan fingerprint density at radius 2 is 0.760 bits per heavy atom. The molecule has 4 heterocycles. The molecule has 0 bridgehead atoms. The fraction of sp³-hybridized carbons (Fsp3) is 0.723. The van der Waals surface area contributed by atoms with Crippen LogP contribution in [0.2, 0.25) is 20.1 Å². The van der Waals surface area contributed by atoms with E-state index in [1.54, 1.807) is 52.1 Å². The molecule has 4 aromatic rings. The number of rotatable bonds is 44. The summed E-state index contributed by atoms with van der Waals surface area (Å²) in [7, 11) is 7.41. The second-order valence-electron chi connectivity index (χ2n) is 43.4. The lowest BCUT2D eigenvalue weighted by atomic mass is 9.74.